The van der Waals surface area contributed by atoms with Gasteiger partial charge < -0.3 is 15.0 Å². The molecule has 1 N–H and O–H groups in total. The highest BCUT2D eigenvalue weighted by atomic mass is 32.1. The molecule has 20 heavy (non-hydrogen) atoms. The molecule has 0 saturated heterocycles. The largest absolute Gasteiger partial charge is 0.444 e. The van der Waals surface area contributed by atoms with Crippen LogP contribution in [0.5, 0.6) is 0 Å². The molecule has 0 aliphatic heterocycles. The van der Waals surface area contributed by atoms with Crippen molar-refractivity contribution < 1.29 is 9.53 Å². The first kappa shape index (κ1) is 17.0. The summed E-state index contributed by atoms with van der Waals surface area (Å²) in [5, 5.41) is 3.42. The van der Waals surface area contributed by atoms with Gasteiger partial charge in [0.2, 0.25) is 0 Å². The zero-order chi connectivity index (χ0) is 15.3. The number of hydrogen-bond donors (Lipinski definition) is 1. The number of likely N-dealkylation sites (N-methyl/N-ethyl adjacent to an activating group) is 1. The first-order valence-electron chi connectivity index (χ1n) is 6.93. The number of nitrogens with one attached hydrogen (secondary N) is 1. The molecule has 114 valence electrons. The minimum absolute atomic E-state index is 0.279. The number of amides is 1. The number of thiophene rings is 1. The lowest BCUT2D eigenvalue weighted by atomic mass is 10.2. The molecule has 0 radical (unpaired) electrons. The molecule has 0 spiro atoms. The third-order valence-corrected chi connectivity index (χ3v) is 3.97. The lowest BCUT2D eigenvalue weighted by molar-refractivity contribution is 0.0299. The van der Waals surface area contributed by atoms with Crippen LogP contribution in [0.25, 0.3) is 0 Å². The van der Waals surface area contributed by atoms with Crippen molar-refractivity contribution in [3.63, 3.8) is 0 Å². The number of ether oxygens (including phenoxy) is 1. The van der Waals surface area contributed by atoms with Crippen LogP contribution in [0.4, 0.5) is 4.79 Å². The molecule has 1 aromatic rings. The fourth-order valence-electron chi connectivity index (χ4n) is 1.67. The molecule has 4 nitrogen and oxygen atoms in total. The number of aryl methyl sites for hydroxylation is 1. The van der Waals surface area contributed by atoms with Gasteiger partial charge in [0.15, 0.2) is 0 Å². The molecular weight excluding hydrogens is 272 g/mol. The van der Waals surface area contributed by atoms with Crippen molar-refractivity contribution in [2.45, 2.75) is 46.3 Å². The second-order valence-electron chi connectivity index (χ2n) is 6.03. The van der Waals surface area contributed by atoms with Gasteiger partial charge in [-0.2, -0.15) is 0 Å². The predicted molar refractivity (Wildman–Crippen MR) is 84.3 cm³/mol. The van der Waals surface area contributed by atoms with Crippen molar-refractivity contribution in [1.82, 2.24) is 10.2 Å². The molecule has 0 aliphatic carbocycles. The number of carbonyl (C=O) groups excluding carboxylic acids is 1. The molecule has 1 aromatic heterocycles. The Bertz CT molecular complexity index is 437. The Morgan fingerprint density at radius 3 is 2.60 bits per heavy atom. The van der Waals surface area contributed by atoms with Gasteiger partial charge in [-0.3, -0.25) is 0 Å². The van der Waals surface area contributed by atoms with Crippen LogP contribution in [0.1, 0.15) is 43.5 Å². The van der Waals surface area contributed by atoms with Gasteiger partial charge in [-0.25, -0.2) is 4.79 Å². The highest BCUT2D eigenvalue weighted by Crippen LogP contribution is 2.21. The maximum absolute atomic E-state index is 11.8. The van der Waals surface area contributed by atoms with Crippen molar-refractivity contribution >= 4 is 17.4 Å². The van der Waals surface area contributed by atoms with Crippen LogP contribution >= 0.6 is 11.3 Å². The fourth-order valence-corrected chi connectivity index (χ4v) is 2.57. The fraction of sp³-hybridized carbons (Fsp3) is 0.667. The Hall–Kier alpha value is -1.07. The van der Waals surface area contributed by atoms with E-state index in [1.807, 2.05) is 20.8 Å². The Morgan fingerprint density at radius 1 is 1.45 bits per heavy atom. The summed E-state index contributed by atoms with van der Waals surface area (Å²) in [7, 11) is 1.76. The van der Waals surface area contributed by atoms with E-state index in [0.29, 0.717) is 12.6 Å². The molecule has 1 unspecified atom stereocenters. The van der Waals surface area contributed by atoms with Crippen molar-refractivity contribution in [1.29, 1.82) is 0 Å². The molecule has 1 atom stereocenters. The highest BCUT2D eigenvalue weighted by molar-refractivity contribution is 7.12. The van der Waals surface area contributed by atoms with Gasteiger partial charge in [0.1, 0.15) is 5.60 Å². The van der Waals surface area contributed by atoms with E-state index < -0.39 is 5.60 Å². The smallest absolute Gasteiger partial charge is 0.410 e. The Labute approximate surface area is 126 Å². The lowest BCUT2D eigenvalue weighted by Crippen LogP contribution is -2.38. The van der Waals surface area contributed by atoms with Gasteiger partial charge in [-0.1, -0.05) is 0 Å². The van der Waals surface area contributed by atoms with Crippen LogP contribution in [-0.2, 0) is 4.74 Å². The molecule has 0 aliphatic rings. The summed E-state index contributed by atoms with van der Waals surface area (Å²) in [6, 6.07) is 4.58. The van der Waals surface area contributed by atoms with Gasteiger partial charge in [-0.05, 0) is 46.8 Å². The number of rotatable bonds is 5. The van der Waals surface area contributed by atoms with Crippen LogP contribution in [-0.4, -0.2) is 36.7 Å². The minimum atomic E-state index is -0.444. The number of hydrogen-bond acceptors (Lipinski definition) is 4. The van der Waals surface area contributed by atoms with E-state index in [1.54, 1.807) is 23.3 Å². The molecule has 1 amide bonds. The van der Waals surface area contributed by atoms with Gasteiger partial charge in [0, 0.05) is 35.9 Å². The average molecular weight is 298 g/mol. The summed E-state index contributed by atoms with van der Waals surface area (Å²) < 4.78 is 5.31. The molecule has 1 rings (SSSR count). The second kappa shape index (κ2) is 7.09. The van der Waals surface area contributed by atoms with E-state index >= 15 is 0 Å². The van der Waals surface area contributed by atoms with Crippen molar-refractivity contribution in [3.8, 4) is 0 Å². The monoisotopic (exact) mass is 298 g/mol. The van der Waals surface area contributed by atoms with Gasteiger partial charge in [-0.15, -0.1) is 11.3 Å². The average Bonchev–Trinajstić information content (AvgIpc) is 2.73. The maximum atomic E-state index is 11.8. The summed E-state index contributed by atoms with van der Waals surface area (Å²) in [5.74, 6) is 0. The van der Waals surface area contributed by atoms with Crippen LogP contribution in [0, 0.1) is 6.92 Å². The predicted octanol–water partition coefficient (Wildman–Crippen LogP) is 3.57. The van der Waals surface area contributed by atoms with E-state index in [4.69, 9.17) is 4.74 Å². The number of carbonyl (C=O) groups is 1. The summed E-state index contributed by atoms with van der Waals surface area (Å²) in [6.45, 7) is 11.2. The quantitative estimate of drug-likeness (QED) is 0.903. The Kier molecular flexibility index (Phi) is 6.02. The van der Waals surface area contributed by atoms with E-state index in [2.05, 4.69) is 31.3 Å². The van der Waals surface area contributed by atoms with Crippen molar-refractivity contribution in [2.75, 3.05) is 20.1 Å². The maximum Gasteiger partial charge on any atom is 0.410 e. The van der Waals surface area contributed by atoms with E-state index in [0.717, 1.165) is 6.54 Å². The van der Waals surface area contributed by atoms with E-state index in [1.165, 1.54) is 9.75 Å². The lowest BCUT2D eigenvalue weighted by Gasteiger charge is -2.25. The SMILES string of the molecule is Cc1ccc(C(C)NCCN(C)C(=O)OC(C)(C)C)s1. The summed E-state index contributed by atoms with van der Waals surface area (Å²) in [5.41, 5.74) is -0.444. The van der Waals surface area contributed by atoms with Crippen LogP contribution < -0.4 is 5.32 Å². The van der Waals surface area contributed by atoms with E-state index in [-0.39, 0.29) is 6.09 Å². The first-order valence-corrected chi connectivity index (χ1v) is 7.74. The van der Waals surface area contributed by atoms with Gasteiger partial charge in [0.05, 0.1) is 0 Å². The summed E-state index contributed by atoms with van der Waals surface area (Å²) in [4.78, 5) is 16.0. The van der Waals surface area contributed by atoms with Crippen LogP contribution in [0.2, 0.25) is 0 Å². The molecule has 5 heteroatoms. The summed E-state index contributed by atoms with van der Waals surface area (Å²) >= 11 is 1.80. The van der Waals surface area contributed by atoms with Gasteiger partial charge in [0.25, 0.3) is 0 Å². The third-order valence-electron chi connectivity index (χ3n) is 2.79. The minimum Gasteiger partial charge on any atom is -0.444 e. The number of nitrogens with zero attached hydrogens (tertiary/aromatic N) is 1. The Balaban J connectivity index is 2.31. The molecule has 0 bridgehead atoms. The molecule has 0 saturated carbocycles. The normalized spacial score (nSPS) is 13.1. The topological polar surface area (TPSA) is 41.6 Å². The zero-order valence-electron chi connectivity index (χ0n) is 13.3. The summed E-state index contributed by atoms with van der Waals surface area (Å²) in [6.07, 6.45) is -0.279. The first-order chi connectivity index (χ1) is 9.19. The molecule has 1 heterocycles. The second-order valence-corrected chi connectivity index (χ2v) is 7.35. The van der Waals surface area contributed by atoms with Crippen molar-refractivity contribution in [3.05, 3.63) is 21.9 Å². The zero-order valence-corrected chi connectivity index (χ0v) is 14.1. The third kappa shape index (κ3) is 5.92. The van der Waals surface area contributed by atoms with Crippen LogP contribution in [0.15, 0.2) is 12.1 Å². The Morgan fingerprint density at radius 2 is 2.10 bits per heavy atom. The molecule has 0 aromatic carbocycles. The molecular formula is C15H26N2O2S. The molecule has 0 fully saturated rings. The van der Waals surface area contributed by atoms with Crippen molar-refractivity contribution in [2.24, 2.45) is 0 Å². The highest BCUT2D eigenvalue weighted by Gasteiger charge is 2.19. The van der Waals surface area contributed by atoms with Gasteiger partial charge >= 0.3 is 6.09 Å². The standard InChI is InChI=1S/C15H26N2O2S/c1-11-7-8-13(20-11)12(2)16-9-10-17(6)14(18)19-15(3,4)5/h7-8,12,16H,9-10H2,1-6H3. The van der Waals surface area contributed by atoms with Crippen LogP contribution in [0.3, 0.4) is 0 Å². The van der Waals surface area contributed by atoms with E-state index in [9.17, 15) is 4.79 Å².